The number of nitrogens with one attached hydrogen (secondary N) is 1. The quantitative estimate of drug-likeness (QED) is 0.346. The smallest absolute Gasteiger partial charge is 0.417 e. The van der Waals surface area contributed by atoms with Crippen LogP contribution in [0.5, 0.6) is 5.88 Å². The highest BCUT2D eigenvalue weighted by Crippen LogP contribution is 2.32. The number of nitriles is 1. The summed E-state index contributed by atoms with van der Waals surface area (Å²) >= 11 is 0. The Balaban J connectivity index is 2.03. The second-order valence-corrected chi connectivity index (χ2v) is 7.89. The van der Waals surface area contributed by atoms with Crippen molar-refractivity contribution in [2.75, 3.05) is 14.2 Å². The van der Waals surface area contributed by atoms with Crippen LogP contribution in [0.3, 0.4) is 0 Å². The third-order valence-corrected chi connectivity index (χ3v) is 5.55. The Hall–Kier alpha value is -4.39. The van der Waals surface area contributed by atoms with E-state index in [1.807, 2.05) is 6.07 Å². The third kappa shape index (κ3) is 5.63. The van der Waals surface area contributed by atoms with Crippen molar-refractivity contribution in [2.45, 2.75) is 19.6 Å². The molecule has 1 aromatic heterocycles. The minimum atomic E-state index is -4.84. The number of carbonyl (C=O) groups excluding carboxylic acids is 1. The van der Waals surface area contributed by atoms with Crippen LogP contribution in [0.1, 0.15) is 28.4 Å². The Morgan fingerprint density at radius 2 is 1.92 bits per heavy atom. The molecule has 10 heteroatoms. The Labute approximate surface area is 205 Å². The fourth-order valence-electron chi connectivity index (χ4n) is 3.46. The first-order valence-electron chi connectivity index (χ1n) is 10.6. The zero-order chi connectivity index (χ0) is 26.6. The molecule has 3 rings (SSSR count). The van der Waals surface area contributed by atoms with Gasteiger partial charge in [0.25, 0.3) is 5.91 Å². The van der Waals surface area contributed by atoms with Crippen LogP contribution in [-0.2, 0) is 6.54 Å². The van der Waals surface area contributed by atoms with Crippen LogP contribution in [0, 0.1) is 17.1 Å². The summed E-state index contributed by atoms with van der Waals surface area (Å²) in [6.45, 7) is 4.38. The standard InChI is InChI=1S/C26H22F4N4O2/c1-15(26(28,29)30)24(16(2)34(3)14-18-10-9-17(13-31)11-21(18)27)33-25(35)20-12-23(36-4)32-22-8-6-5-7-19(20)22/h5-12H,1,14H2,2-4H3,(H,33,35)/b24-16+. The first-order chi connectivity index (χ1) is 17.0. The summed E-state index contributed by atoms with van der Waals surface area (Å²) < 4.78 is 60.6. The van der Waals surface area contributed by atoms with E-state index in [0.29, 0.717) is 10.9 Å². The molecule has 0 saturated carbocycles. The maximum absolute atomic E-state index is 14.4. The molecule has 1 heterocycles. The number of aromatic nitrogens is 1. The van der Waals surface area contributed by atoms with E-state index in [9.17, 15) is 22.4 Å². The van der Waals surface area contributed by atoms with Gasteiger partial charge < -0.3 is 15.0 Å². The van der Waals surface area contributed by atoms with Gasteiger partial charge in [-0.05, 0) is 25.1 Å². The van der Waals surface area contributed by atoms with E-state index in [0.717, 1.165) is 6.07 Å². The summed E-state index contributed by atoms with van der Waals surface area (Å²) in [5, 5.41) is 11.7. The summed E-state index contributed by atoms with van der Waals surface area (Å²) in [6.07, 6.45) is -4.84. The predicted octanol–water partition coefficient (Wildman–Crippen LogP) is 5.47. The predicted molar refractivity (Wildman–Crippen MR) is 126 cm³/mol. The molecule has 6 nitrogen and oxygen atoms in total. The average molecular weight is 498 g/mol. The zero-order valence-electron chi connectivity index (χ0n) is 19.7. The summed E-state index contributed by atoms with van der Waals surface area (Å²) in [4.78, 5) is 18.8. The monoisotopic (exact) mass is 498 g/mol. The van der Waals surface area contributed by atoms with Crippen LogP contribution >= 0.6 is 0 Å². The van der Waals surface area contributed by atoms with Crippen molar-refractivity contribution < 1.29 is 27.1 Å². The van der Waals surface area contributed by atoms with E-state index in [4.69, 9.17) is 10.00 Å². The largest absolute Gasteiger partial charge is 0.481 e. The number of alkyl halides is 3. The number of hydrogen-bond acceptors (Lipinski definition) is 5. The van der Waals surface area contributed by atoms with E-state index >= 15 is 0 Å². The first-order valence-corrected chi connectivity index (χ1v) is 10.6. The maximum Gasteiger partial charge on any atom is 0.417 e. The lowest BCUT2D eigenvalue weighted by Crippen LogP contribution is -2.32. The summed E-state index contributed by atoms with van der Waals surface area (Å²) in [5.41, 5.74) is -1.09. The topological polar surface area (TPSA) is 78.2 Å². The highest BCUT2D eigenvalue weighted by Gasteiger charge is 2.36. The SMILES string of the molecule is C=C(/C(NC(=O)c1cc(OC)nc2ccccc12)=C(/C)N(C)Cc1ccc(C#N)cc1F)C(F)(F)F. The molecule has 0 radical (unpaired) electrons. The number of methoxy groups -OCH3 is 1. The van der Waals surface area contributed by atoms with Gasteiger partial charge in [-0.25, -0.2) is 9.37 Å². The molecule has 0 unspecified atom stereocenters. The Kier molecular flexibility index (Phi) is 7.63. The number of carbonyl (C=O) groups is 1. The fraction of sp³-hybridized carbons (Fsp3) is 0.192. The third-order valence-electron chi connectivity index (χ3n) is 5.55. The number of allylic oxidation sites excluding steroid dienone is 2. The van der Waals surface area contributed by atoms with Gasteiger partial charge in [0.15, 0.2) is 0 Å². The van der Waals surface area contributed by atoms with Crippen molar-refractivity contribution in [3.05, 3.63) is 94.6 Å². The van der Waals surface area contributed by atoms with Crippen molar-refractivity contribution in [3.8, 4) is 11.9 Å². The molecule has 186 valence electrons. The lowest BCUT2D eigenvalue weighted by atomic mass is 10.1. The second kappa shape index (κ2) is 10.5. The van der Waals surface area contributed by atoms with E-state index in [-0.39, 0.29) is 34.8 Å². The molecule has 0 saturated heterocycles. The van der Waals surface area contributed by atoms with Gasteiger partial charge >= 0.3 is 6.18 Å². The van der Waals surface area contributed by atoms with E-state index in [1.165, 1.54) is 44.2 Å². The number of benzene rings is 2. The number of ether oxygens (including phenoxy) is 1. The van der Waals surface area contributed by atoms with Gasteiger partial charge in [0, 0.05) is 36.3 Å². The number of fused-ring (bicyclic) bond motifs is 1. The van der Waals surface area contributed by atoms with Crippen LogP contribution in [-0.4, -0.2) is 36.1 Å². The first kappa shape index (κ1) is 26.2. The minimum absolute atomic E-state index is 0.000221. The summed E-state index contributed by atoms with van der Waals surface area (Å²) in [5.74, 6) is -1.39. The van der Waals surface area contributed by atoms with E-state index in [2.05, 4.69) is 16.9 Å². The molecular formula is C26H22F4N4O2. The van der Waals surface area contributed by atoms with Gasteiger partial charge in [-0.2, -0.15) is 18.4 Å². The molecule has 0 aliphatic rings. The summed E-state index contributed by atoms with van der Waals surface area (Å²) in [7, 11) is 2.81. The van der Waals surface area contributed by atoms with Gasteiger partial charge in [-0.3, -0.25) is 4.79 Å². The molecule has 2 aromatic carbocycles. The molecule has 1 N–H and O–H groups in total. The number of para-hydroxylation sites is 1. The van der Waals surface area contributed by atoms with Crippen LogP contribution in [0.4, 0.5) is 17.6 Å². The van der Waals surface area contributed by atoms with Crippen LogP contribution in [0.2, 0.25) is 0 Å². The Bertz CT molecular complexity index is 1410. The number of rotatable bonds is 7. The Morgan fingerprint density at radius 3 is 2.53 bits per heavy atom. The van der Waals surface area contributed by atoms with Gasteiger partial charge in [-0.1, -0.05) is 30.8 Å². The molecule has 0 spiro atoms. The van der Waals surface area contributed by atoms with E-state index in [1.54, 1.807) is 24.3 Å². The van der Waals surface area contributed by atoms with Crippen molar-refractivity contribution in [1.29, 1.82) is 5.26 Å². The molecular weight excluding hydrogens is 476 g/mol. The van der Waals surface area contributed by atoms with Crippen LogP contribution in [0.25, 0.3) is 10.9 Å². The molecule has 36 heavy (non-hydrogen) atoms. The number of amides is 1. The van der Waals surface area contributed by atoms with Crippen molar-refractivity contribution in [1.82, 2.24) is 15.2 Å². The fourth-order valence-corrected chi connectivity index (χ4v) is 3.46. The normalized spacial score (nSPS) is 11.9. The number of nitrogens with zero attached hydrogens (tertiary/aromatic N) is 3. The molecule has 0 bridgehead atoms. The van der Waals surface area contributed by atoms with Gasteiger partial charge in [0.05, 0.1) is 41.1 Å². The highest BCUT2D eigenvalue weighted by atomic mass is 19.4. The molecule has 0 atom stereocenters. The molecule has 0 aliphatic carbocycles. The summed E-state index contributed by atoms with van der Waals surface area (Å²) in [6, 6.07) is 13.6. The van der Waals surface area contributed by atoms with Gasteiger partial charge in [0.2, 0.25) is 5.88 Å². The van der Waals surface area contributed by atoms with Crippen LogP contribution in [0.15, 0.2) is 72.1 Å². The highest BCUT2D eigenvalue weighted by molar-refractivity contribution is 6.07. The minimum Gasteiger partial charge on any atom is -0.481 e. The molecule has 1 amide bonds. The zero-order valence-corrected chi connectivity index (χ0v) is 19.7. The Morgan fingerprint density at radius 1 is 1.22 bits per heavy atom. The van der Waals surface area contributed by atoms with Crippen molar-refractivity contribution in [3.63, 3.8) is 0 Å². The molecule has 0 fully saturated rings. The van der Waals surface area contributed by atoms with Gasteiger partial charge in [0.1, 0.15) is 5.82 Å². The van der Waals surface area contributed by atoms with Crippen LogP contribution < -0.4 is 10.1 Å². The second-order valence-electron chi connectivity index (χ2n) is 7.89. The van der Waals surface area contributed by atoms with Crippen molar-refractivity contribution in [2.24, 2.45) is 0 Å². The molecule has 3 aromatic rings. The van der Waals surface area contributed by atoms with Crippen molar-refractivity contribution >= 4 is 16.8 Å². The number of halogens is 4. The van der Waals surface area contributed by atoms with Gasteiger partial charge in [-0.15, -0.1) is 0 Å². The lowest BCUT2D eigenvalue weighted by Gasteiger charge is -2.26. The number of pyridine rings is 1. The van der Waals surface area contributed by atoms with E-state index < -0.39 is 29.2 Å². The number of hydrogen-bond donors (Lipinski definition) is 1. The lowest BCUT2D eigenvalue weighted by molar-refractivity contribution is -0.0895. The molecule has 0 aliphatic heterocycles. The average Bonchev–Trinajstić information content (AvgIpc) is 2.86. The maximum atomic E-state index is 14.4.